The van der Waals surface area contributed by atoms with Gasteiger partial charge in [0.15, 0.2) is 0 Å². The third-order valence-electron chi connectivity index (χ3n) is 1.34. The van der Waals surface area contributed by atoms with E-state index >= 15 is 0 Å². The molecule has 0 aromatic heterocycles. The van der Waals surface area contributed by atoms with E-state index in [0.29, 0.717) is 10.0 Å². The van der Waals surface area contributed by atoms with Crippen molar-refractivity contribution in [1.29, 1.82) is 0 Å². The molecule has 2 nitrogen and oxygen atoms in total. The molecule has 0 saturated heterocycles. The molecular weight excluding hydrogens is 213 g/mol. The fourth-order valence-corrected chi connectivity index (χ4v) is 1.12. The van der Waals surface area contributed by atoms with E-state index in [1.54, 1.807) is 0 Å². The Morgan fingerprint density at radius 2 is 2.18 bits per heavy atom. The first-order chi connectivity index (χ1) is 5.15. The molecule has 4 heteroatoms. The van der Waals surface area contributed by atoms with Crippen molar-refractivity contribution in [2.75, 3.05) is 0 Å². The van der Waals surface area contributed by atoms with E-state index < -0.39 is 5.82 Å². The maximum atomic E-state index is 12.8. The van der Waals surface area contributed by atoms with E-state index in [2.05, 4.69) is 15.9 Å². The second kappa shape index (κ2) is 3.19. The maximum absolute atomic E-state index is 12.8. The van der Waals surface area contributed by atoms with Crippen LogP contribution < -0.4 is 5.73 Å². The smallest absolute Gasteiger partial charge is 0.132 e. The standard InChI is InChI=1S/C7H7BrFNO/c8-5-1-4(3-10)6(9)2-7(5)11/h1-2,11H,3,10H2. The molecule has 0 radical (unpaired) electrons. The number of rotatable bonds is 1. The number of nitrogens with two attached hydrogens (primary N) is 1. The molecule has 0 heterocycles. The van der Waals surface area contributed by atoms with Crippen molar-refractivity contribution in [2.45, 2.75) is 6.54 Å². The molecule has 0 amide bonds. The van der Waals surface area contributed by atoms with E-state index in [-0.39, 0.29) is 12.3 Å². The van der Waals surface area contributed by atoms with Crippen LogP contribution in [-0.2, 0) is 6.54 Å². The topological polar surface area (TPSA) is 46.2 Å². The molecule has 0 saturated carbocycles. The van der Waals surface area contributed by atoms with E-state index in [0.717, 1.165) is 6.07 Å². The summed E-state index contributed by atoms with van der Waals surface area (Å²) in [5.74, 6) is -0.590. The van der Waals surface area contributed by atoms with E-state index in [1.165, 1.54) is 6.07 Å². The van der Waals surface area contributed by atoms with E-state index in [9.17, 15) is 4.39 Å². The minimum absolute atomic E-state index is 0.111. The minimum atomic E-state index is -0.479. The SMILES string of the molecule is NCc1cc(Br)c(O)cc1F. The average Bonchev–Trinajstić information content (AvgIpc) is 1.97. The highest BCUT2D eigenvalue weighted by Crippen LogP contribution is 2.26. The van der Waals surface area contributed by atoms with Gasteiger partial charge in [0.05, 0.1) is 4.47 Å². The quantitative estimate of drug-likeness (QED) is 0.757. The summed E-state index contributed by atoms with van der Waals surface area (Å²) in [6, 6.07) is 2.50. The molecule has 0 unspecified atom stereocenters. The predicted octanol–water partition coefficient (Wildman–Crippen LogP) is 1.75. The third-order valence-corrected chi connectivity index (χ3v) is 1.97. The van der Waals surface area contributed by atoms with Gasteiger partial charge >= 0.3 is 0 Å². The lowest BCUT2D eigenvalue weighted by atomic mass is 10.2. The van der Waals surface area contributed by atoms with Crippen molar-refractivity contribution in [3.63, 3.8) is 0 Å². The van der Waals surface area contributed by atoms with Gasteiger partial charge in [0.1, 0.15) is 11.6 Å². The number of benzene rings is 1. The van der Waals surface area contributed by atoms with Crippen LogP contribution >= 0.6 is 15.9 Å². The summed E-state index contributed by atoms with van der Waals surface area (Å²) in [4.78, 5) is 0. The van der Waals surface area contributed by atoms with Gasteiger partial charge in [-0.3, -0.25) is 0 Å². The molecule has 0 spiro atoms. The maximum Gasteiger partial charge on any atom is 0.132 e. The Balaban J connectivity index is 3.21. The van der Waals surface area contributed by atoms with Crippen LogP contribution in [0, 0.1) is 5.82 Å². The van der Waals surface area contributed by atoms with Crippen LogP contribution in [0.25, 0.3) is 0 Å². The molecule has 0 aliphatic rings. The molecule has 0 fully saturated rings. The molecule has 11 heavy (non-hydrogen) atoms. The number of halogens is 2. The Labute approximate surface area is 72.0 Å². The molecule has 60 valence electrons. The normalized spacial score (nSPS) is 10.1. The Hall–Kier alpha value is -0.610. The Morgan fingerprint density at radius 3 is 2.73 bits per heavy atom. The van der Waals surface area contributed by atoms with Crippen molar-refractivity contribution >= 4 is 15.9 Å². The van der Waals surface area contributed by atoms with Crippen molar-refractivity contribution in [3.8, 4) is 5.75 Å². The van der Waals surface area contributed by atoms with Gasteiger partial charge in [-0.2, -0.15) is 0 Å². The van der Waals surface area contributed by atoms with Crippen LogP contribution in [0.3, 0.4) is 0 Å². The zero-order chi connectivity index (χ0) is 8.43. The lowest BCUT2D eigenvalue weighted by Crippen LogP contribution is -1.99. The average molecular weight is 220 g/mol. The Bertz CT molecular complexity index is 277. The second-order valence-electron chi connectivity index (χ2n) is 2.10. The van der Waals surface area contributed by atoms with E-state index in [4.69, 9.17) is 10.8 Å². The molecule has 1 rings (SSSR count). The molecule has 1 aromatic carbocycles. The predicted molar refractivity (Wildman–Crippen MR) is 43.7 cm³/mol. The van der Waals surface area contributed by atoms with Gasteiger partial charge in [0, 0.05) is 18.2 Å². The van der Waals surface area contributed by atoms with Gasteiger partial charge in [-0.25, -0.2) is 4.39 Å². The van der Waals surface area contributed by atoms with Gasteiger partial charge in [0.25, 0.3) is 0 Å². The summed E-state index contributed by atoms with van der Waals surface area (Å²) in [5.41, 5.74) is 5.61. The van der Waals surface area contributed by atoms with Crippen LogP contribution in [0.1, 0.15) is 5.56 Å². The number of hydrogen-bond acceptors (Lipinski definition) is 2. The van der Waals surface area contributed by atoms with Gasteiger partial charge in [-0.05, 0) is 22.0 Å². The number of phenols is 1. The summed E-state index contributed by atoms with van der Waals surface area (Å²) in [6.07, 6.45) is 0. The van der Waals surface area contributed by atoms with Crippen molar-refractivity contribution in [1.82, 2.24) is 0 Å². The molecule has 3 N–H and O–H groups in total. The fourth-order valence-electron chi connectivity index (χ4n) is 0.734. The lowest BCUT2D eigenvalue weighted by Gasteiger charge is -2.01. The van der Waals surface area contributed by atoms with Crippen molar-refractivity contribution in [3.05, 3.63) is 28.0 Å². The monoisotopic (exact) mass is 219 g/mol. The van der Waals surface area contributed by atoms with Gasteiger partial charge in [0.2, 0.25) is 0 Å². The van der Waals surface area contributed by atoms with Gasteiger partial charge in [-0.1, -0.05) is 0 Å². The largest absolute Gasteiger partial charge is 0.507 e. The van der Waals surface area contributed by atoms with Crippen molar-refractivity contribution < 1.29 is 9.50 Å². The number of hydrogen-bond donors (Lipinski definition) is 2. The van der Waals surface area contributed by atoms with Crippen LogP contribution in [0.4, 0.5) is 4.39 Å². The van der Waals surface area contributed by atoms with Gasteiger partial charge < -0.3 is 10.8 Å². The first-order valence-corrected chi connectivity index (χ1v) is 3.81. The number of phenolic OH excluding ortho intramolecular Hbond substituents is 1. The highest BCUT2D eigenvalue weighted by atomic mass is 79.9. The van der Waals surface area contributed by atoms with Crippen LogP contribution in [0.5, 0.6) is 5.75 Å². The lowest BCUT2D eigenvalue weighted by molar-refractivity contribution is 0.464. The second-order valence-corrected chi connectivity index (χ2v) is 2.95. The summed E-state index contributed by atoms with van der Waals surface area (Å²) in [7, 11) is 0. The van der Waals surface area contributed by atoms with Crippen LogP contribution in [0.2, 0.25) is 0 Å². The Morgan fingerprint density at radius 1 is 1.55 bits per heavy atom. The van der Waals surface area contributed by atoms with Crippen LogP contribution in [0.15, 0.2) is 16.6 Å². The molecule has 0 bridgehead atoms. The highest BCUT2D eigenvalue weighted by Gasteiger charge is 2.04. The van der Waals surface area contributed by atoms with Gasteiger partial charge in [-0.15, -0.1) is 0 Å². The summed E-state index contributed by atoms with van der Waals surface area (Å²) in [6.45, 7) is 0.130. The zero-order valence-corrected chi connectivity index (χ0v) is 7.23. The molecular formula is C7H7BrFNO. The first-order valence-electron chi connectivity index (χ1n) is 3.02. The van der Waals surface area contributed by atoms with Crippen molar-refractivity contribution in [2.24, 2.45) is 5.73 Å². The highest BCUT2D eigenvalue weighted by molar-refractivity contribution is 9.10. The summed E-state index contributed by atoms with van der Waals surface area (Å²) in [5, 5.41) is 8.99. The third kappa shape index (κ3) is 1.70. The molecule has 0 aliphatic heterocycles. The fraction of sp³-hybridized carbons (Fsp3) is 0.143. The molecule has 0 aliphatic carbocycles. The first kappa shape index (κ1) is 8.49. The summed E-state index contributed by atoms with van der Waals surface area (Å²) < 4.78 is 13.2. The minimum Gasteiger partial charge on any atom is -0.507 e. The zero-order valence-electron chi connectivity index (χ0n) is 5.64. The molecule has 0 atom stereocenters. The Kier molecular flexibility index (Phi) is 2.46. The van der Waals surface area contributed by atoms with Crippen LogP contribution in [-0.4, -0.2) is 5.11 Å². The summed E-state index contributed by atoms with van der Waals surface area (Å²) >= 11 is 3.05. The molecule has 1 aromatic rings. The van der Waals surface area contributed by atoms with E-state index in [1.807, 2.05) is 0 Å². The number of aromatic hydroxyl groups is 1.